The topological polar surface area (TPSA) is 52.0 Å². The Kier molecular flexibility index (Phi) is 3.43. The Morgan fingerprint density at radius 3 is 1.96 bits per heavy atom. The van der Waals surface area contributed by atoms with E-state index in [-0.39, 0.29) is 0 Å². The first-order chi connectivity index (χ1) is 11.7. The van der Waals surface area contributed by atoms with Crippen molar-refractivity contribution in [2.24, 2.45) is 0 Å². The standard InChI is InChI=1S/C22H18N2/c23-20-10-7-16(8-11-20)18-9-12-22(24)21(14-18)19-6-5-15-3-1-2-4-17(15)13-19/h1-14H,23-24H2. The van der Waals surface area contributed by atoms with Crippen molar-refractivity contribution in [3.05, 3.63) is 84.9 Å². The number of hydrogen-bond acceptors (Lipinski definition) is 2. The lowest BCUT2D eigenvalue weighted by Gasteiger charge is -2.11. The van der Waals surface area contributed by atoms with Gasteiger partial charge in [0.1, 0.15) is 0 Å². The van der Waals surface area contributed by atoms with Crippen LogP contribution < -0.4 is 11.5 Å². The summed E-state index contributed by atoms with van der Waals surface area (Å²) in [7, 11) is 0. The summed E-state index contributed by atoms with van der Waals surface area (Å²) in [6.07, 6.45) is 0. The molecule has 4 N–H and O–H groups in total. The predicted molar refractivity (Wildman–Crippen MR) is 104 cm³/mol. The SMILES string of the molecule is Nc1ccc(-c2ccc(N)c(-c3ccc4ccccc4c3)c2)cc1. The molecule has 0 aromatic heterocycles. The Bertz CT molecular complexity index is 1020. The molecule has 2 nitrogen and oxygen atoms in total. The smallest absolute Gasteiger partial charge is 0.0394 e. The van der Waals surface area contributed by atoms with Gasteiger partial charge in [-0.15, -0.1) is 0 Å². The summed E-state index contributed by atoms with van der Waals surface area (Å²) >= 11 is 0. The summed E-state index contributed by atoms with van der Waals surface area (Å²) in [6, 6.07) is 28.9. The normalized spacial score (nSPS) is 10.8. The van der Waals surface area contributed by atoms with E-state index in [1.807, 2.05) is 36.4 Å². The Labute approximate surface area is 141 Å². The molecule has 0 aliphatic carbocycles. The van der Waals surface area contributed by atoms with Crippen molar-refractivity contribution in [2.75, 3.05) is 11.5 Å². The van der Waals surface area contributed by atoms with Crippen molar-refractivity contribution >= 4 is 22.1 Å². The third-order valence-corrected chi connectivity index (χ3v) is 4.36. The molecule has 4 aromatic carbocycles. The quantitative estimate of drug-likeness (QED) is 0.491. The molecule has 0 radical (unpaired) electrons. The number of benzene rings is 4. The number of hydrogen-bond donors (Lipinski definition) is 2. The zero-order valence-electron chi connectivity index (χ0n) is 13.2. The van der Waals surface area contributed by atoms with Gasteiger partial charge in [0.2, 0.25) is 0 Å². The highest BCUT2D eigenvalue weighted by Gasteiger charge is 2.07. The minimum Gasteiger partial charge on any atom is -0.399 e. The Morgan fingerprint density at radius 1 is 0.500 bits per heavy atom. The second kappa shape index (κ2) is 5.74. The van der Waals surface area contributed by atoms with Gasteiger partial charge in [-0.05, 0) is 57.8 Å². The molecule has 0 spiro atoms. The molecule has 4 aromatic rings. The largest absolute Gasteiger partial charge is 0.399 e. The molecule has 0 saturated heterocycles. The number of rotatable bonds is 2. The van der Waals surface area contributed by atoms with Crippen LogP contribution >= 0.6 is 0 Å². The predicted octanol–water partition coefficient (Wildman–Crippen LogP) is 5.34. The molecule has 0 amide bonds. The van der Waals surface area contributed by atoms with Crippen LogP contribution in [-0.4, -0.2) is 0 Å². The number of anilines is 2. The van der Waals surface area contributed by atoms with Gasteiger partial charge < -0.3 is 11.5 Å². The first-order valence-electron chi connectivity index (χ1n) is 7.95. The van der Waals surface area contributed by atoms with E-state index in [1.54, 1.807) is 0 Å². The van der Waals surface area contributed by atoms with Crippen LogP contribution in [0.3, 0.4) is 0 Å². The van der Waals surface area contributed by atoms with Crippen LogP contribution in [0.25, 0.3) is 33.0 Å². The minimum atomic E-state index is 0.768. The summed E-state index contributed by atoms with van der Waals surface area (Å²) in [5.41, 5.74) is 18.0. The zero-order chi connectivity index (χ0) is 16.5. The van der Waals surface area contributed by atoms with Gasteiger partial charge in [0.25, 0.3) is 0 Å². The maximum atomic E-state index is 6.25. The first-order valence-corrected chi connectivity index (χ1v) is 7.95. The van der Waals surface area contributed by atoms with Crippen molar-refractivity contribution < 1.29 is 0 Å². The van der Waals surface area contributed by atoms with E-state index in [4.69, 9.17) is 11.5 Å². The molecule has 0 bridgehead atoms. The van der Waals surface area contributed by atoms with Gasteiger partial charge in [0, 0.05) is 16.9 Å². The number of nitrogens with two attached hydrogens (primary N) is 2. The monoisotopic (exact) mass is 310 g/mol. The Morgan fingerprint density at radius 2 is 1.17 bits per heavy atom. The third kappa shape index (κ3) is 2.59. The molecular weight excluding hydrogens is 292 g/mol. The lowest BCUT2D eigenvalue weighted by molar-refractivity contribution is 1.59. The van der Waals surface area contributed by atoms with Crippen molar-refractivity contribution in [3.8, 4) is 22.3 Å². The maximum absolute atomic E-state index is 6.25. The van der Waals surface area contributed by atoms with Crippen molar-refractivity contribution in [1.82, 2.24) is 0 Å². The van der Waals surface area contributed by atoms with Gasteiger partial charge in [-0.2, -0.15) is 0 Å². The molecule has 2 heteroatoms. The Balaban J connectivity index is 1.84. The van der Waals surface area contributed by atoms with Crippen LogP contribution in [0.1, 0.15) is 0 Å². The number of fused-ring (bicyclic) bond motifs is 1. The molecule has 0 atom stereocenters. The molecule has 0 saturated carbocycles. The van der Waals surface area contributed by atoms with Gasteiger partial charge >= 0.3 is 0 Å². The van der Waals surface area contributed by atoms with E-state index in [2.05, 4.69) is 48.5 Å². The molecular formula is C22H18N2. The molecule has 24 heavy (non-hydrogen) atoms. The molecule has 0 fully saturated rings. The van der Waals surface area contributed by atoms with Crippen LogP contribution in [0.5, 0.6) is 0 Å². The molecule has 0 aliphatic rings. The van der Waals surface area contributed by atoms with Crippen LogP contribution in [0.4, 0.5) is 11.4 Å². The minimum absolute atomic E-state index is 0.768. The van der Waals surface area contributed by atoms with E-state index >= 15 is 0 Å². The molecule has 4 rings (SSSR count). The van der Waals surface area contributed by atoms with Gasteiger partial charge in [-0.3, -0.25) is 0 Å². The summed E-state index contributed by atoms with van der Waals surface area (Å²) in [6.45, 7) is 0. The lowest BCUT2D eigenvalue weighted by atomic mass is 9.96. The average Bonchev–Trinajstić information content (AvgIpc) is 2.62. The van der Waals surface area contributed by atoms with Crippen LogP contribution in [0.15, 0.2) is 84.9 Å². The second-order valence-electron chi connectivity index (χ2n) is 5.99. The van der Waals surface area contributed by atoms with E-state index in [0.717, 1.165) is 33.6 Å². The summed E-state index contributed by atoms with van der Waals surface area (Å²) in [4.78, 5) is 0. The number of nitrogen functional groups attached to an aromatic ring is 2. The summed E-state index contributed by atoms with van der Waals surface area (Å²) in [5.74, 6) is 0. The lowest BCUT2D eigenvalue weighted by Crippen LogP contribution is -1.91. The van der Waals surface area contributed by atoms with Gasteiger partial charge in [-0.25, -0.2) is 0 Å². The molecule has 116 valence electrons. The van der Waals surface area contributed by atoms with Gasteiger partial charge in [-0.1, -0.05) is 54.6 Å². The van der Waals surface area contributed by atoms with Crippen molar-refractivity contribution in [3.63, 3.8) is 0 Å². The van der Waals surface area contributed by atoms with Crippen LogP contribution in [0, 0.1) is 0 Å². The van der Waals surface area contributed by atoms with Crippen molar-refractivity contribution in [1.29, 1.82) is 0 Å². The highest BCUT2D eigenvalue weighted by molar-refractivity contribution is 5.90. The maximum Gasteiger partial charge on any atom is 0.0394 e. The van der Waals surface area contributed by atoms with Crippen LogP contribution in [-0.2, 0) is 0 Å². The van der Waals surface area contributed by atoms with E-state index in [1.165, 1.54) is 10.8 Å². The molecule has 0 aliphatic heterocycles. The zero-order valence-corrected chi connectivity index (χ0v) is 13.2. The fraction of sp³-hybridized carbons (Fsp3) is 0. The van der Waals surface area contributed by atoms with E-state index in [0.29, 0.717) is 0 Å². The summed E-state index contributed by atoms with van der Waals surface area (Å²) in [5, 5.41) is 2.45. The highest BCUT2D eigenvalue weighted by atomic mass is 14.6. The Hall–Kier alpha value is -3.26. The van der Waals surface area contributed by atoms with E-state index < -0.39 is 0 Å². The second-order valence-corrected chi connectivity index (χ2v) is 5.99. The third-order valence-electron chi connectivity index (χ3n) is 4.36. The van der Waals surface area contributed by atoms with Gasteiger partial charge in [0.15, 0.2) is 0 Å². The highest BCUT2D eigenvalue weighted by Crippen LogP contribution is 2.33. The first kappa shape index (κ1) is 14.3. The average molecular weight is 310 g/mol. The fourth-order valence-electron chi connectivity index (χ4n) is 3.02. The van der Waals surface area contributed by atoms with Crippen LogP contribution in [0.2, 0.25) is 0 Å². The van der Waals surface area contributed by atoms with Crippen molar-refractivity contribution in [2.45, 2.75) is 0 Å². The molecule has 0 heterocycles. The molecule has 0 unspecified atom stereocenters. The fourth-order valence-corrected chi connectivity index (χ4v) is 3.02. The van der Waals surface area contributed by atoms with E-state index in [9.17, 15) is 0 Å². The van der Waals surface area contributed by atoms with Gasteiger partial charge in [0.05, 0.1) is 0 Å². The summed E-state index contributed by atoms with van der Waals surface area (Å²) < 4.78 is 0.